The zero-order valence-corrected chi connectivity index (χ0v) is 19.8. The molecule has 0 saturated heterocycles. The van der Waals surface area contributed by atoms with Crippen LogP contribution >= 0.6 is 0 Å². The third kappa shape index (κ3) is 3.15. The van der Waals surface area contributed by atoms with Gasteiger partial charge >= 0.3 is 0 Å². The van der Waals surface area contributed by atoms with Gasteiger partial charge < -0.3 is 9.47 Å². The molecule has 2 aromatic heterocycles. The highest BCUT2D eigenvalue weighted by atomic mass is 16.5. The van der Waals surface area contributed by atoms with Crippen molar-refractivity contribution in [2.45, 2.75) is 12.8 Å². The van der Waals surface area contributed by atoms with E-state index in [9.17, 15) is 0 Å². The normalized spacial score (nSPS) is 14.3. The van der Waals surface area contributed by atoms with Gasteiger partial charge in [-0.3, -0.25) is 0 Å². The summed E-state index contributed by atoms with van der Waals surface area (Å²) in [6.07, 6.45) is 1.68. The van der Waals surface area contributed by atoms with E-state index in [0.717, 1.165) is 50.2 Å². The van der Waals surface area contributed by atoms with Crippen LogP contribution in [0.1, 0.15) is 28.2 Å². The minimum absolute atomic E-state index is 0.146. The Hall–Kier alpha value is -4.71. The summed E-state index contributed by atoms with van der Waals surface area (Å²) in [6, 6.07) is 28.9. The second-order valence-corrected chi connectivity index (χ2v) is 9.04. The predicted molar refractivity (Wildman–Crippen MR) is 139 cm³/mol. The van der Waals surface area contributed by atoms with Gasteiger partial charge in [-0.15, -0.1) is 5.10 Å². The summed E-state index contributed by atoms with van der Waals surface area (Å²) in [5, 5.41) is 7.06. The Morgan fingerprint density at radius 1 is 0.861 bits per heavy atom. The lowest BCUT2D eigenvalue weighted by Crippen LogP contribution is -2.15. The van der Waals surface area contributed by atoms with E-state index in [1.165, 1.54) is 5.56 Å². The minimum atomic E-state index is -0.146. The lowest BCUT2D eigenvalue weighted by molar-refractivity contribution is 0.414. The fourth-order valence-corrected chi connectivity index (χ4v) is 5.06. The molecule has 0 bridgehead atoms. The molecule has 1 aliphatic heterocycles. The number of nitrogens with zero attached hydrogens (tertiary/aromatic N) is 4. The van der Waals surface area contributed by atoms with E-state index in [1.807, 2.05) is 30.3 Å². The molecule has 1 atom stereocenters. The van der Waals surface area contributed by atoms with Gasteiger partial charge in [0, 0.05) is 17.0 Å². The average Bonchev–Trinajstić information content (AvgIpc) is 3.37. The van der Waals surface area contributed by atoms with Crippen LogP contribution in [0.4, 0.5) is 0 Å². The maximum absolute atomic E-state index is 6.40. The molecular formula is C30H22N4O2. The van der Waals surface area contributed by atoms with Crippen LogP contribution in [-0.4, -0.2) is 26.7 Å². The van der Waals surface area contributed by atoms with Crippen LogP contribution in [-0.2, 0) is 0 Å². The number of aromatic nitrogens is 4. The van der Waals surface area contributed by atoms with E-state index in [2.05, 4.69) is 66.5 Å². The van der Waals surface area contributed by atoms with Crippen LogP contribution in [0.15, 0.2) is 91.3 Å². The molecule has 6 heteroatoms. The SMILES string of the molecule is COc1ccc([C@H]2c3c(ccc4ccccc34)Oc3ncn4nc(-c5ccc(C)cc5)nc4c32)cc1. The van der Waals surface area contributed by atoms with Gasteiger partial charge in [0.25, 0.3) is 0 Å². The van der Waals surface area contributed by atoms with Gasteiger partial charge in [-0.1, -0.05) is 72.3 Å². The van der Waals surface area contributed by atoms with Crippen molar-refractivity contribution >= 4 is 16.4 Å². The molecule has 0 spiro atoms. The van der Waals surface area contributed by atoms with Crippen molar-refractivity contribution in [3.63, 3.8) is 0 Å². The summed E-state index contributed by atoms with van der Waals surface area (Å²) in [7, 11) is 1.68. The highest BCUT2D eigenvalue weighted by Crippen LogP contribution is 2.50. The molecule has 0 fully saturated rings. The molecule has 0 amide bonds. The summed E-state index contributed by atoms with van der Waals surface area (Å²) >= 11 is 0. The molecule has 36 heavy (non-hydrogen) atoms. The molecule has 0 aliphatic carbocycles. The lowest BCUT2D eigenvalue weighted by atomic mass is 9.81. The molecule has 3 heterocycles. The van der Waals surface area contributed by atoms with Crippen LogP contribution in [0.2, 0.25) is 0 Å². The van der Waals surface area contributed by atoms with Gasteiger partial charge in [-0.05, 0) is 41.5 Å². The summed E-state index contributed by atoms with van der Waals surface area (Å²) in [4.78, 5) is 9.67. The number of fused-ring (bicyclic) bond motifs is 6. The van der Waals surface area contributed by atoms with E-state index in [4.69, 9.17) is 19.6 Å². The second-order valence-electron chi connectivity index (χ2n) is 9.04. The van der Waals surface area contributed by atoms with Gasteiger partial charge in [-0.2, -0.15) is 0 Å². The number of rotatable bonds is 3. The molecule has 0 saturated carbocycles. The number of hydrogen-bond acceptors (Lipinski definition) is 5. The number of hydrogen-bond donors (Lipinski definition) is 0. The van der Waals surface area contributed by atoms with E-state index in [-0.39, 0.29) is 5.92 Å². The fraction of sp³-hybridized carbons (Fsp3) is 0.100. The van der Waals surface area contributed by atoms with E-state index in [0.29, 0.717) is 11.7 Å². The number of aryl methyl sites for hydroxylation is 1. The van der Waals surface area contributed by atoms with Crippen molar-refractivity contribution in [3.8, 4) is 28.8 Å². The summed E-state index contributed by atoms with van der Waals surface area (Å²) in [6.45, 7) is 2.07. The standard InChI is InChI=1S/C30H22N4O2/c1-18-7-9-21(10-8-18)28-32-29-27-25(20-11-14-22(35-2)15-12-20)26-23-6-4-3-5-19(23)13-16-24(26)36-30(27)31-17-34(29)33-28/h3-17,25H,1-2H3/t25-/m0/s1. The first-order chi connectivity index (χ1) is 17.7. The topological polar surface area (TPSA) is 61.5 Å². The van der Waals surface area contributed by atoms with Gasteiger partial charge in [0.1, 0.15) is 17.8 Å². The Labute approximate surface area is 207 Å². The molecule has 174 valence electrons. The quantitative estimate of drug-likeness (QED) is 0.293. The third-order valence-corrected chi connectivity index (χ3v) is 6.86. The van der Waals surface area contributed by atoms with Crippen molar-refractivity contribution in [2.24, 2.45) is 0 Å². The van der Waals surface area contributed by atoms with Gasteiger partial charge in [-0.25, -0.2) is 14.5 Å². The van der Waals surface area contributed by atoms with Crippen LogP contribution in [0.25, 0.3) is 27.8 Å². The summed E-state index contributed by atoms with van der Waals surface area (Å²) < 4.78 is 13.6. The molecule has 0 unspecified atom stereocenters. The van der Waals surface area contributed by atoms with Gasteiger partial charge in [0.2, 0.25) is 5.88 Å². The Morgan fingerprint density at radius 3 is 2.47 bits per heavy atom. The first kappa shape index (κ1) is 20.6. The fourth-order valence-electron chi connectivity index (χ4n) is 5.06. The Bertz CT molecular complexity index is 1760. The van der Waals surface area contributed by atoms with E-state index in [1.54, 1.807) is 18.0 Å². The number of methoxy groups -OCH3 is 1. The van der Waals surface area contributed by atoms with Gasteiger partial charge in [0.05, 0.1) is 12.7 Å². The molecule has 1 aliphatic rings. The highest BCUT2D eigenvalue weighted by Gasteiger charge is 2.34. The second kappa shape index (κ2) is 7.92. The summed E-state index contributed by atoms with van der Waals surface area (Å²) in [5.41, 5.74) is 5.99. The molecule has 0 N–H and O–H groups in total. The Balaban J connectivity index is 1.51. The third-order valence-electron chi connectivity index (χ3n) is 6.86. The molecule has 4 aromatic carbocycles. The smallest absolute Gasteiger partial charge is 0.228 e. The maximum Gasteiger partial charge on any atom is 0.228 e. The zero-order valence-electron chi connectivity index (χ0n) is 19.8. The zero-order chi connectivity index (χ0) is 24.2. The minimum Gasteiger partial charge on any atom is -0.497 e. The monoisotopic (exact) mass is 470 g/mol. The van der Waals surface area contributed by atoms with Crippen molar-refractivity contribution in [1.29, 1.82) is 0 Å². The average molecular weight is 471 g/mol. The van der Waals surface area contributed by atoms with Crippen LogP contribution in [0.3, 0.4) is 0 Å². The molecule has 7 rings (SSSR count). The van der Waals surface area contributed by atoms with Crippen molar-refractivity contribution in [3.05, 3.63) is 114 Å². The highest BCUT2D eigenvalue weighted by molar-refractivity contribution is 5.91. The van der Waals surface area contributed by atoms with Crippen molar-refractivity contribution in [2.75, 3.05) is 7.11 Å². The largest absolute Gasteiger partial charge is 0.497 e. The first-order valence-electron chi connectivity index (χ1n) is 11.9. The van der Waals surface area contributed by atoms with Crippen molar-refractivity contribution in [1.82, 2.24) is 19.6 Å². The van der Waals surface area contributed by atoms with E-state index < -0.39 is 0 Å². The molecule has 6 nitrogen and oxygen atoms in total. The number of benzene rings is 4. The Kier molecular flexibility index (Phi) is 4.54. The van der Waals surface area contributed by atoms with E-state index >= 15 is 0 Å². The molecule has 6 aromatic rings. The maximum atomic E-state index is 6.40. The van der Waals surface area contributed by atoms with Crippen molar-refractivity contribution < 1.29 is 9.47 Å². The number of ether oxygens (including phenoxy) is 2. The molecular weight excluding hydrogens is 448 g/mol. The van der Waals surface area contributed by atoms with Crippen LogP contribution in [0, 0.1) is 6.92 Å². The molecule has 0 radical (unpaired) electrons. The summed E-state index contributed by atoms with van der Waals surface area (Å²) in [5.74, 6) is 2.67. The Morgan fingerprint density at radius 2 is 1.67 bits per heavy atom. The van der Waals surface area contributed by atoms with Crippen LogP contribution in [0.5, 0.6) is 17.4 Å². The van der Waals surface area contributed by atoms with Gasteiger partial charge in [0.15, 0.2) is 11.5 Å². The predicted octanol–water partition coefficient (Wildman–Crippen LogP) is 6.55. The lowest BCUT2D eigenvalue weighted by Gasteiger charge is -2.29. The first-order valence-corrected chi connectivity index (χ1v) is 11.9. The van der Waals surface area contributed by atoms with Crippen LogP contribution < -0.4 is 9.47 Å².